The normalized spacial score (nSPS) is 15.8. The molecule has 1 saturated heterocycles. The van der Waals surface area contributed by atoms with Crippen LogP contribution in [0.25, 0.3) is 0 Å². The molecule has 0 atom stereocenters. The molecule has 19 heavy (non-hydrogen) atoms. The number of esters is 2. The second-order valence-electron chi connectivity index (χ2n) is 4.26. The first-order valence-electron chi connectivity index (χ1n) is 6.30. The Morgan fingerprint density at radius 1 is 1.26 bits per heavy atom. The zero-order valence-corrected chi connectivity index (χ0v) is 10.8. The van der Waals surface area contributed by atoms with Crippen LogP contribution in [0, 0.1) is 0 Å². The van der Waals surface area contributed by atoms with Crippen molar-refractivity contribution in [3.63, 3.8) is 0 Å². The van der Waals surface area contributed by atoms with E-state index in [0.717, 1.165) is 12.8 Å². The van der Waals surface area contributed by atoms with Crippen molar-refractivity contribution in [1.82, 2.24) is 0 Å². The molecule has 0 radical (unpaired) electrons. The Bertz CT molecular complexity index is 453. The first kappa shape index (κ1) is 13.4. The molecule has 0 N–H and O–H groups in total. The number of hydrogen-bond acceptors (Lipinski definition) is 5. The summed E-state index contributed by atoms with van der Waals surface area (Å²) in [6.45, 7) is 2.71. The van der Waals surface area contributed by atoms with Gasteiger partial charge in [-0.1, -0.05) is 25.5 Å². The van der Waals surface area contributed by atoms with Crippen LogP contribution in [0.1, 0.15) is 38.0 Å². The van der Waals surface area contributed by atoms with E-state index in [-0.39, 0.29) is 6.42 Å². The van der Waals surface area contributed by atoms with E-state index in [9.17, 15) is 9.59 Å². The average Bonchev–Trinajstić information content (AvgIpc) is 2.38. The zero-order chi connectivity index (χ0) is 13.7. The van der Waals surface area contributed by atoms with Crippen LogP contribution in [-0.4, -0.2) is 18.5 Å². The number of hydrogen-bond donors (Lipinski definition) is 0. The number of cyclic esters (lactones) is 2. The van der Waals surface area contributed by atoms with Gasteiger partial charge in [0.15, 0.2) is 0 Å². The van der Waals surface area contributed by atoms with E-state index in [1.165, 1.54) is 0 Å². The fourth-order valence-electron chi connectivity index (χ4n) is 1.69. The van der Waals surface area contributed by atoms with Crippen molar-refractivity contribution in [1.29, 1.82) is 0 Å². The van der Waals surface area contributed by atoms with Crippen LogP contribution >= 0.6 is 0 Å². The van der Waals surface area contributed by atoms with E-state index in [2.05, 4.69) is 6.92 Å². The Hall–Kier alpha value is -2.04. The summed E-state index contributed by atoms with van der Waals surface area (Å²) in [5.74, 6) is -0.472. The monoisotopic (exact) mass is 264 g/mol. The molecule has 1 aliphatic heterocycles. The SMILES string of the molecule is CCCCOc1cccc(C2OC(=O)CC(=O)O2)c1. The maximum atomic E-state index is 11.2. The van der Waals surface area contributed by atoms with Gasteiger partial charge in [0.1, 0.15) is 12.2 Å². The van der Waals surface area contributed by atoms with Gasteiger partial charge >= 0.3 is 11.9 Å². The van der Waals surface area contributed by atoms with Crippen molar-refractivity contribution >= 4 is 11.9 Å². The number of rotatable bonds is 5. The number of carbonyl (C=O) groups excluding carboxylic acids is 2. The van der Waals surface area contributed by atoms with Crippen molar-refractivity contribution in [3.05, 3.63) is 29.8 Å². The lowest BCUT2D eigenvalue weighted by molar-refractivity contribution is -0.204. The van der Waals surface area contributed by atoms with Crippen LogP contribution < -0.4 is 4.74 Å². The van der Waals surface area contributed by atoms with Gasteiger partial charge in [-0.05, 0) is 18.6 Å². The predicted molar refractivity (Wildman–Crippen MR) is 66.4 cm³/mol. The van der Waals surface area contributed by atoms with Crippen molar-refractivity contribution in [2.75, 3.05) is 6.61 Å². The Labute approximate surface area is 111 Å². The minimum Gasteiger partial charge on any atom is -0.494 e. The Morgan fingerprint density at radius 3 is 2.68 bits per heavy atom. The minimum atomic E-state index is -0.969. The number of benzene rings is 1. The molecule has 1 aromatic carbocycles. The highest BCUT2D eigenvalue weighted by Gasteiger charge is 2.29. The third-order valence-electron chi connectivity index (χ3n) is 2.66. The van der Waals surface area contributed by atoms with Crippen LogP contribution in [0.2, 0.25) is 0 Å². The van der Waals surface area contributed by atoms with Gasteiger partial charge in [0.25, 0.3) is 6.29 Å². The van der Waals surface area contributed by atoms with Gasteiger partial charge in [0, 0.05) is 5.56 Å². The molecule has 0 spiro atoms. The molecule has 0 bridgehead atoms. The molecule has 102 valence electrons. The number of carbonyl (C=O) groups is 2. The fraction of sp³-hybridized carbons (Fsp3) is 0.429. The highest BCUT2D eigenvalue weighted by atomic mass is 16.7. The molecule has 0 saturated carbocycles. The molecule has 2 rings (SSSR count). The highest BCUT2D eigenvalue weighted by Crippen LogP contribution is 2.26. The molecular formula is C14H16O5. The standard InChI is InChI=1S/C14H16O5/c1-2-3-7-17-11-6-4-5-10(8-11)14-18-12(15)9-13(16)19-14/h4-6,8,14H,2-3,7,9H2,1H3. The summed E-state index contributed by atoms with van der Waals surface area (Å²) in [7, 11) is 0. The van der Waals surface area contributed by atoms with Crippen molar-refractivity contribution in [3.8, 4) is 5.75 Å². The van der Waals surface area contributed by atoms with Crippen molar-refractivity contribution < 1.29 is 23.8 Å². The average molecular weight is 264 g/mol. The Kier molecular flexibility index (Phi) is 4.39. The van der Waals surface area contributed by atoms with Crippen molar-refractivity contribution in [2.45, 2.75) is 32.5 Å². The quantitative estimate of drug-likeness (QED) is 0.464. The lowest BCUT2D eigenvalue weighted by Gasteiger charge is -2.22. The zero-order valence-electron chi connectivity index (χ0n) is 10.8. The number of ether oxygens (including phenoxy) is 3. The molecule has 0 unspecified atom stereocenters. The lowest BCUT2D eigenvalue weighted by Crippen LogP contribution is -2.26. The van der Waals surface area contributed by atoms with Crippen LogP contribution in [0.4, 0.5) is 0 Å². The molecule has 0 amide bonds. The molecule has 1 heterocycles. The van der Waals surface area contributed by atoms with E-state index in [4.69, 9.17) is 14.2 Å². The molecule has 1 fully saturated rings. The first-order valence-corrected chi connectivity index (χ1v) is 6.30. The minimum absolute atomic E-state index is 0.330. The lowest BCUT2D eigenvalue weighted by atomic mass is 10.2. The molecule has 0 aliphatic carbocycles. The topological polar surface area (TPSA) is 61.8 Å². The second-order valence-corrected chi connectivity index (χ2v) is 4.26. The van der Waals surface area contributed by atoms with Crippen LogP contribution in [0.3, 0.4) is 0 Å². The fourth-order valence-corrected chi connectivity index (χ4v) is 1.69. The summed E-state index contributed by atoms with van der Waals surface area (Å²) in [4.78, 5) is 22.4. The van der Waals surface area contributed by atoms with Crippen molar-refractivity contribution in [2.24, 2.45) is 0 Å². The predicted octanol–water partition coefficient (Wildman–Crippen LogP) is 2.35. The first-order chi connectivity index (χ1) is 9.19. The molecule has 5 nitrogen and oxygen atoms in total. The molecule has 5 heteroatoms. The summed E-state index contributed by atoms with van der Waals surface area (Å²) in [6.07, 6.45) is 0.724. The summed E-state index contributed by atoms with van der Waals surface area (Å²) in [5, 5.41) is 0. The van der Waals surface area contributed by atoms with Crippen LogP contribution in [0.5, 0.6) is 5.75 Å². The van der Waals surface area contributed by atoms with Gasteiger partial charge in [-0.2, -0.15) is 0 Å². The smallest absolute Gasteiger partial charge is 0.320 e. The van der Waals surface area contributed by atoms with E-state index in [0.29, 0.717) is 17.9 Å². The Morgan fingerprint density at radius 2 is 2.00 bits per heavy atom. The van der Waals surface area contributed by atoms with E-state index in [1.807, 2.05) is 6.07 Å². The second kappa shape index (κ2) is 6.22. The summed E-state index contributed by atoms with van der Waals surface area (Å²) in [5.41, 5.74) is 0.593. The van der Waals surface area contributed by atoms with Crippen LogP contribution in [0.15, 0.2) is 24.3 Å². The molecule has 1 aliphatic rings. The van der Waals surface area contributed by atoms with Crippen LogP contribution in [-0.2, 0) is 19.1 Å². The largest absolute Gasteiger partial charge is 0.494 e. The summed E-state index contributed by atoms with van der Waals surface area (Å²) < 4.78 is 15.5. The van der Waals surface area contributed by atoms with Gasteiger partial charge in [-0.25, -0.2) is 0 Å². The highest BCUT2D eigenvalue weighted by molar-refractivity contribution is 5.92. The van der Waals surface area contributed by atoms with E-state index < -0.39 is 18.2 Å². The van der Waals surface area contributed by atoms with Gasteiger partial charge in [0.05, 0.1) is 6.61 Å². The maximum Gasteiger partial charge on any atom is 0.320 e. The third-order valence-corrected chi connectivity index (χ3v) is 2.66. The maximum absolute atomic E-state index is 11.2. The molecule has 1 aromatic rings. The molecular weight excluding hydrogens is 248 g/mol. The van der Waals surface area contributed by atoms with Gasteiger partial charge < -0.3 is 14.2 Å². The number of unbranched alkanes of at least 4 members (excludes halogenated alkanes) is 1. The van der Waals surface area contributed by atoms with E-state index >= 15 is 0 Å². The summed E-state index contributed by atoms with van der Waals surface area (Å²) in [6, 6.07) is 7.02. The Balaban J connectivity index is 2.05. The van der Waals surface area contributed by atoms with Gasteiger partial charge in [-0.3, -0.25) is 9.59 Å². The van der Waals surface area contributed by atoms with Gasteiger partial charge in [-0.15, -0.1) is 0 Å². The van der Waals surface area contributed by atoms with E-state index in [1.54, 1.807) is 18.2 Å². The third kappa shape index (κ3) is 3.71. The summed E-state index contributed by atoms with van der Waals surface area (Å²) >= 11 is 0. The molecule has 0 aromatic heterocycles. The van der Waals surface area contributed by atoms with Gasteiger partial charge in [0.2, 0.25) is 0 Å².